The number of benzene rings is 2. The zero-order valence-corrected chi connectivity index (χ0v) is 20.3. The highest BCUT2D eigenvalue weighted by atomic mass is 32.1. The molecule has 0 bridgehead atoms. The number of carbonyl (C=O) groups is 1. The maximum absolute atomic E-state index is 13.4. The number of rotatable bonds is 5. The van der Waals surface area contributed by atoms with Gasteiger partial charge < -0.3 is 15.2 Å². The van der Waals surface area contributed by atoms with E-state index in [4.69, 9.17) is 9.73 Å². The van der Waals surface area contributed by atoms with Crippen molar-refractivity contribution >= 4 is 34.1 Å². The lowest BCUT2D eigenvalue weighted by Crippen LogP contribution is -2.27. The fourth-order valence-corrected chi connectivity index (χ4v) is 5.53. The van der Waals surface area contributed by atoms with Crippen LogP contribution in [0.25, 0.3) is 0 Å². The molecule has 1 atom stereocenters. The second kappa shape index (κ2) is 9.40. The Kier molecular flexibility index (Phi) is 6.56. The number of nitrogens with zero attached hydrogens (tertiary/aromatic N) is 1. The van der Waals surface area contributed by atoms with Crippen LogP contribution >= 0.6 is 11.3 Å². The van der Waals surface area contributed by atoms with Crippen molar-refractivity contribution in [1.82, 2.24) is 0 Å². The minimum atomic E-state index is -0.122. The lowest BCUT2D eigenvalue weighted by Gasteiger charge is -2.33. The first kappa shape index (κ1) is 23.1. The third kappa shape index (κ3) is 5.11. The largest absolute Gasteiger partial charge is 0.504 e. The van der Waals surface area contributed by atoms with Crippen LogP contribution in [0.4, 0.5) is 10.7 Å². The van der Waals surface area contributed by atoms with Crippen LogP contribution in [-0.2, 0) is 12.8 Å². The van der Waals surface area contributed by atoms with Gasteiger partial charge in [0.1, 0.15) is 5.00 Å². The van der Waals surface area contributed by atoms with Gasteiger partial charge in [-0.25, -0.2) is 4.99 Å². The van der Waals surface area contributed by atoms with Crippen LogP contribution < -0.4 is 10.1 Å². The van der Waals surface area contributed by atoms with Gasteiger partial charge in [0.15, 0.2) is 11.5 Å². The van der Waals surface area contributed by atoms with Gasteiger partial charge in [0.2, 0.25) is 0 Å². The van der Waals surface area contributed by atoms with Crippen LogP contribution in [-0.4, -0.2) is 24.3 Å². The fraction of sp³-hybridized carbons (Fsp3) is 0.333. The molecule has 0 radical (unpaired) electrons. The third-order valence-corrected chi connectivity index (χ3v) is 7.43. The number of nitrogens with one attached hydrogen (secondary N) is 1. The number of thiophene rings is 1. The van der Waals surface area contributed by atoms with Gasteiger partial charge in [0, 0.05) is 16.8 Å². The van der Waals surface area contributed by atoms with Crippen LogP contribution in [0.2, 0.25) is 0 Å². The molecule has 1 amide bonds. The third-order valence-electron chi connectivity index (χ3n) is 6.26. The molecule has 0 saturated heterocycles. The first-order valence-electron chi connectivity index (χ1n) is 11.2. The van der Waals surface area contributed by atoms with E-state index >= 15 is 0 Å². The Hall–Kier alpha value is -3.12. The van der Waals surface area contributed by atoms with Gasteiger partial charge in [0.25, 0.3) is 5.91 Å². The number of phenols is 1. The summed E-state index contributed by atoms with van der Waals surface area (Å²) in [5.74, 6) is 0.923. The summed E-state index contributed by atoms with van der Waals surface area (Å²) in [4.78, 5) is 19.4. The summed E-state index contributed by atoms with van der Waals surface area (Å²) in [5, 5.41) is 13.6. The van der Waals surface area contributed by atoms with Crippen molar-refractivity contribution in [3.05, 3.63) is 70.1 Å². The van der Waals surface area contributed by atoms with E-state index in [1.807, 2.05) is 30.3 Å². The summed E-state index contributed by atoms with van der Waals surface area (Å²) in [5.41, 5.74) is 3.58. The summed E-state index contributed by atoms with van der Waals surface area (Å²) in [6.45, 7) is 6.86. The maximum Gasteiger partial charge on any atom is 0.259 e. The molecule has 0 fully saturated rings. The number of hydrogen-bond acceptors (Lipinski definition) is 5. The van der Waals surface area contributed by atoms with Gasteiger partial charge >= 0.3 is 0 Å². The Morgan fingerprint density at radius 2 is 1.97 bits per heavy atom. The van der Waals surface area contributed by atoms with Crippen LogP contribution in [0.1, 0.15) is 53.6 Å². The fourth-order valence-electron chi connectivity index (χ4n) is 4.26. The van der Waals surface area contributed by atoms with Crippen LogP contribution in [0, 0.1) is 11.3 Å². The van der Waals surface area contributed by atoms with E-state index in [0.29, 0.717) is 17.2 Å². The average molecular weight is 463 g/mol. The summed E-state index contributed by atoms with van der Waals surface area (Å²) >= 11 is 1.61. The van der Waals surface area contributed by atoms with Crippen molar-refractivity contribution in [2.45, 2.75) is 40.0 Å². The molecule has 1 aliphatic carbocycles. The normalized spacial score (nSPS) is 15.9. The van der Waals surface area contributed by atoms with Crippen molar-refractivity contribution < 1.29 is 14.6 Å². The molecule has 1 aliphatic rings. The molecule has 3 aromatic rings. The Morgan fingerprint density at radius 3 is 2.67 bits per heavy atom. The van der Waals surface area contributed by atoms with E-state index in [1.54, 1.807) is 35.8 Å². The molecule has 33 heavy (non-hydrogen) atoms. The van der Waals surface area contributed by atoms with Crippen molar-refractivity contribution in [2.75, 3.05) is 12.4 Å². The summed E-state index contributed by atoms with van der Waals surface area (Å²) in [6.07, 6.45) is 4.64. The molecular weight excluding hydrogens is 432 g/mol. The van der Waals surface area contributed by atoms with Crippen LogP contribution in [0.3, 0.4) is 0 Å². The number of fused-ring (bicyclic) bond motifs is 1. The van der Waals surface area contributed by atoms with E-state index in [0.717, 1.165) is 41.1 Å². The topological polar surface area (TPSA) is 70.9 Å². The van der Waals surface area contributed by atoms with E-state index in [2.05, 4.69) is 26.1 Å². The number of aromatic hydroxyl groups is 1. The maximum atomic E-state index is 13.4. The van der Waals surface area contributed by atoms with Gasteiger partial charge in [-0.1, -0.05) is 39.0 Å². The summed E-state index contributed by atoms with van der Waals surface area (Å²) in [6, 6.07) is 14.6. The quantitative estimate of drug-likeness (QED) is 0.419. The second-order valence-corrected chi connectivity index (χ2v) is 10.6. The number of para-hydroxylation sites is 1. The number of amides is 1. The van der Waals surface area contributed by atoms with E-state index in [9.17, 15) is 9.90 Å². The SMILES string of the molecule is COc1cc(C=Nc2sc3c(c2C(=O)Nc2ccccc2)CC[C@@H](C(C)(C)C)C3)ccc1O. The summed E-state index contributed by atoms with van der Waals surface area (Å²) < 4.78 is 5.20. The van der Waals surface area contributed by atoms with Crippen molar-refractivity contribution in [3.8, 4) is 11.5 Å². The first-order valence-corrected chi connectivity index (χ1v) is 12.0. The number of aliphatic imine (C=N–C) groups is 1. The number of hydrogen-bond donors (Lipinski definition) is 2. The number of methoxy groups -OCH3 is 1. The standard InChI is InChI=1S/C27H30N2O3S/c1-27(2,3)18-11-12-20-23(15-18)33-26(24(20)25(31)29-19-8-6-5-7-9-19)28-16-17-10-13-21(30)22(14-17)32-4/h5-10,13-14,16,18,30H,11-12,15H2,1-4H3,(H,29,31)/t18-/m1/s1. The predicted molar refractivity (Wildman–Crippen MR) is 136 cm³/mol. The highest BCUT2D eigenvalue weighted by Gasteiger charge is 2.33. The van der Waals surface area contributed by atoms with Gasteiger partial charge in [0.05, 0.1) is 12.7 Å². The summed E-state index contributed by atoms with van der Waals surface area (Å²) in [7, 11) is 1.51. The zero-order valence-electron chi connectivity index (χ0n) is 19.5. The first-order chi connectivity index (χ1) is 15.8. The van der Waals surface area contributed by atoms with Crippen molar-refractivity contribution in [2.24, 2.45) is 16.3 Å². The average Bonchev–Trinajstić information content (AvgIpc) is 3.16. The molecule has 2 N–H and O–H groups in total. The van der Waals surface area contributed by atoms with Crippen molar-refractivity contribution in [3.63, 3.8) is 0 Å². The highest BCUT2D eigenvalue weighted by molar-refractivity contribution is 7.16. The number of phenolic OH excluding ortho intramolecular Hbond substituents is 1. The minimum absolute atomic E-state index is 0.0809. The lowest BCUT2D eigenvalue weighted by atomic mass is 9.72. The lowest BCUT2D eigenvalue weighted by molar-refractivity contribution is 0.102. The Bertz CT molecular complexity index is 1180. The van der Waals surface area contributed by atoms with Crippen LogP contribution in [0.15, 0.2) is 53.5 Å². The highest BCUT2D eigenvalue weighted by Crippen LogP contribution is 2.45. The predicted octanol–water partition coefficient (Wildman–Crippen LogP) is 6.62. The van der Waals surface area contributed by atoms with Gasteiger partial charge in [-0.3, -0.25) is 4.79 Å². The number of anilines is 1. The van der Waals surface area contributed by atoms with Crippen molar-refractivity contribution in [1.29, 1.82) is 0 Å². The Labute approximate surface area is 199 Å². The monoisotopic (exact) mass is 462 g/mol. The second-order valence-electron chi connectivity index (χ2n) is 9.50. The molecule has 4 rings (SSSR count). The van der Waals surface area contributed by atoms with E-state index in [1.165, 1.54) is 12.0 Å². The molecule has 0 spiro atoms. The van der Waals surface area contributed by atoms with Crippen LogP contribution in [0.5, 0.6) is 11.5 Å². The zero-order chi connectivity index (χ0) is 23.6. The molecule has 172 valence electrons. The molecule has 1 aromatic heterocycles. The Balaban J connectivity index is 1.71. The molecule has 2 aromatic carbocycles. The molecule has 6 heteroatoms. The van der Waals surface area contributed by atoms with E-state index < -0.39 is 0 Å². The molecule has 5 nitrogen and oxygen atoms in total. The van der Waals surface area contributed by atoms with Gasteiger partial charge in [-0.15, -0.1) is 11.3 Å². The molecule has 0 unspecified atom stereocenters. The Morgan fingerprint density at radius 1 is 1.21 bits per heavy atom. The smallest absolute Gasteiger partial charge is 0.259 e. The van der Waals surface area contributed by atoms with E-state index in [-0.39, 0.29) is 17.1 Å². The molecule has 0 saturated carbocycles. The van der Waals surface area contributed by atoms with Gasteiger partial charge in [-0.05, 0) is 72.1 Å². The molecular formula is C27H30N2O3S. The minimum Gasteiger partial charge on any atom is -0.504 e. The molecule has 1 heterocycles. The molecule has 0 aliphatic heterocycles. The van der Waals surface area contributed by atoms with Gasteiger partial charge in [-0.2, -0.15) is 0 Å². The number of ether oxygens (including phenoxy) is 1. The number of carbonyl (C=O) groups excluding carboxylic acids is 1.